The molecular weight excluding hydrogens is 283 g/mol. The molecular formula is C11H12F3NO3S. The summed E-state index contributed by atoms with van der Waals surface area (Å²) in [4.78, 5) is 11.4. The van der Waals surface area contributed by atoms with Gasteiger partial charge in [-0.05, 0) is 30.7 Å². The van der Waals surface area contributed by atoms with Crippen LogP contribution in [0.5, 0.6) is 0 Å². The summed E-state index contributed by atoms with van der Waals surface area (Å²) < 4.78 is 60.0. The minimum atomic E-state index is -5.45. The first-order valence-electron chi connectivity index (χ1n) is 5.31. The van der Waals surface area contributed by atoms with Crippen molar-refractivity contribution in [3.63, 3.8) is 0 Å². The second-order valence-corrected chi connectivity index (χ2v) is 5.53. The summed E-state index contributed by atoms with van der Waals surface area (Å²) in [5.41, 5.74) is -5.01. The maximum Gasteiger partial charge on any atom is 0.516 e. The van der Waals surface area contributed by atoms with Crippen LogP contribution in [0, 0.1) is 6.92 Å². The maximum atomic E-state index is 12.2. The average molecular weight is 295 g/mol. The normalized spacial score (nSPS) is 12.3. The van der Waals surface area contributed by atoms with Gasteiger partial charge in [0.25, 0.3) is 0 Å². The monoisotopic (exact) mass is 295 g/mol. The first-order chi connectivity index (χ1) is 8.58. The number of halogens is 3. The number of hydrogen-bond acceptors (Lipinski definition) is 3. The van der Waals surface area contributed by atoms with E-state index < -0.39 is 15.5 Å². The highest BCUT2D eigenvalue weighted by Gasteiger charge is 2.46. The molecule has 1 aromatic carbocycles. The third kappa shape index (κ3) is 3.46. The number of carbonyl (C=O) groups excluding carboxylic acids is 1. The van der Waals surface area contributed by atoms with Gasteiger partial charge >= 0.3 is 15.5 Å². The van der Waals surface area contributed by atoms with Crippen LogP contribution in [0.25, 0.3) is 0 Å². The lowest BCUT2D eigenvalue weighted by molar-refractivity contribution is -0.0429. The van der Waals surface area contributed by atoms with Crippen molar-refractivity contribution < 1.29 is 26.4 Å². The van der Waals surface area contributed by atoms with Crippen molar-refractivity contribution in [2.45, 2.75) is 25.8 Å². The Labute approximate surface area is 108 Å². The fraction of sp³-hybridized carbons (Fsp3) is 0.364. The highest BCUT2D eigenvalue weighted by atomic mass is 32.2. The Hall–Kier alpha value is -1.57. The van der Waals surface area contributed by atoms with Crippen molar-refractivity contribution in [3.8, 4) is 0 Å². The molecule has 0 radical (unpaired) electrons. The molecule has 0 aliphatic carbocycles. The van der Waals surface area contributed by atoms with E-state index in [4.69, 9.17) is 0 Å². The van der Waals surface area contributed by atoms with Crippen LogP contribution in [-0.2, 0) is 10.0 Å². The van der Waals surface area contributed by atoms with Crippen molar-refractivity contribution in [1.82, 2.24) is 0 Å². The van der Waals surface area contributed by atoms with Crippen molar-refractivity contribution in [2.75, 3.05) is 4.72 Å². The summed E-state index contributed by atoms with van der Waals surface area (Å²) >= 11 is 0. The number of anilines is 1. The van der Waals surface area contributed by atoms with Crippen LogP contribution in [0.15, 0.2) is 18.2 Å². The number of carbonyl (C=O) groups is 1. The molecule has 106 valence electrons. The lowest BCUT2D eigenvalue weighted by Gasteiger charge is -2.13. The number of hydrogen-bond donors (Lipinski definition) is 1. The molecule has 0 fully saturated rings. The van der Waals surface area contributed by atoms with E-state index in [0.29, 0.717) is 5.56 Å². The Bertz CT molecular complexity index is 594. The minimum Gasteiger partial charge on any atom is -0.294 e. The number of benzene rings is 1. The van der Waals surface area contributed by atoms with Gasteiger partial charge in [-0.15, -0.1) is 0 Å². The van der Waals surface area contributed by atoms with Crippen molar-refractivity contribution in [3.05, 3.63) is 29.3 Å². The molecule has 1 N–H and O–H groups in total. The summed E-state index contributed by atoms with van der Waals surface area (Å²) in [5, 5.41) is 0. The SMILES string of the molecule is CCC(=O)c1ccc(NS(=O)(=O)C(F)(F)F)c(C)c1. The van der Waals surface area contributed by atoms with E-state index in [1.54, 1.807) is 6.92 Å². The molecule has 0 aromatic heterocycles. The first kappa shape index (κ1) is 15.5. The molecule has 8 heteroatoms. The molecule has 1 aromatic rings. The standard InChI is InChI=1S/C11H12F3NO3S/c1-3-10(16)8-4-5-9(7(2)6-8)15-19(17,18)11(12,13)14/h4-6,15H,3H2,1-2H3. The molecule has 1 rings (SSSR count). The van der Waals surface area contributed by atoms with E-state index in [1.165, 1.54) is 23.8 Å². The smallest absolute Gasteiger partial charge is 0.294 e. The molecule has 0 bridgehead atoms. The van der Waals surface area contributed by atoms with Gasteiger partial charge < -0.3 is 0 Å². The van der Waals surface area contributed by atoms with E-state index in [9.17, 15) is 26.4 Å². The lowest BCUT2D eigenvalue weighted by Crippen LogP contribution is -2.30. The van der Waals surface area contributed by atoms with Crippen molar-refractivity contribution in [1.29, 1.82) is 0 Å². The zero-order valence-corrected chi connectivity index (χ0v) is 11.0. The average Bonchev–Trinajstić information content (AvgIpc) is 2.29. The summed E-state index contributed by atoms with van der Waals surface area (Å²) in [6, 6.07) is 3.77. The summed E-state index contributed by atoms with van der Waals surface area (Å²) in [6.45, 7) is 3.07. The Morgan fingerprint density at radius 2 is 1.89 bits per heavy atom. The molecule has 0 amide bonds. The topological polar surface area (TPSA) is 63.2 Å². The molecule has 0 saturated heterocycles. The fourth-order valence-corrected chi connectivity index (χ4v) is 1.99. The molecule has 0 aliphatic heterocycles. The van der Waals surface area contributed by atoms with E-state index in [-0.39, 0.29) is 23.5 Å². The minimum absolute atomic E-state index is 0.173. The summed E-state index contributed by atoms with van der Waals surface area (Å²) in [7, 11) is -5.45. The van der Waals surface area contributed by atoms with Gasteiger partial charge in [-0.3, -0.25) is 9.52 Å². The molecule has 0 atom stereocenters. The van der Waals surface area contributed by atoms with E-state index in [1.807, 2.05) is 0 Å². The molecule has 0 saturated carbocycles. The zero-order chi connectivity index (χ0) is 14.8. The summed E-state index contributed by atoms with van der Waals surface area (Å²) in [5.74, 6) is -0.173. The third-order valence-corrected chi connectivity index (χ3v) is 3.52. The number of alkyl halides is 3. The van der Waals surface area contributed by atoms with Gasteiger partial charge in [0.2, 0.25) is 0 Å². The lowest BCUT2D eigenvalue weighted by atomic mass is 10.1. The fourth-order valence-electron chi connectivity index (χ4n) is 1.36. The Morgan fingerprint density at radius 3 is 2.32 bits per heavy atom. The van der Waals surface area contributed by atoms with Crippen molar-refractivity contribution in [2.24, 2.45) is 0 Å². The molecule has 4 nitrogen and oxygen atoms in total. The molecule has 0 spiro atoms. The predicted molar refractivity (Wildman–Crippen MR) is 64.4 cm³/mol. The van der Waals surface area contributed by atoms with Gasteiger partial charge in [0, 0.05) is 12.0 Å². The predicted octanol–water partition coefficient (Wildman–Crippen LogP) is 2.85. The van der Waals surface area contributed by atoms with Gasteiger partial charge in [0.1, 0.15) is 0 Å². The number of aryl methyl sites for hydroxylation is 1. The molecule has 0 unspecified atom stereocenters. The highest BCUT2D eigenvalue weighted by Crippen LogP contribution is 2.27. The second-order valence-electron chi connectivity index (χ2n) is 3.86. The van der Waals surface area contributed by atoms with Gasteiger partial charge in [-0.1, -0.05) is 6.92 Å². The molecule has 0 aliphatic rings. The highest BCUT2D eigenvalue weighted by molar-refractivity contribution is 7.93. The maximum absolute atomic E-state index is 12.2. The van der Waals surface area contributed by atoms with Crippen LogP contribution in [0.2, 0.25) is 0 Å². The van der Waals surface area contributed by atoms with Gasteiger partial charge in [0.15, 0.2) is 5.78 Å². The van der Waals surface area contributed by atoms with Crippen LogP contribution in [0.1, 0.15) is 29.3 Å². The first-order valence-corrected chi connectivity index (χ1v) is 6.79. The number of rotatable bonds is 4. The van der Waals surface area contributed by atoms with Crippen LogP contribution in [0.3, 0.4) is 0 Å². The molecule has 19 heavy (non-hydrogen) atoms. The van der Waals surface area contributed by atoms with Crippen LogP contribution in [0.4, 0.5) is 18.9 Å². The Morgan fingerprint density at radius 1 is 1.32 bits per heavy atom. The number of ketones is 1. The van der Waals surface area contributed by atoms with Crippen molar-refractivity contribution >= 4 is 21.5 Å². The summed E-state index contributed by atoms with van der Waals surface area (Å²) in [6.07, 6.45) is 0.257. The van der Waals surface area contributed by atoms with Crippen LogP contribution >= 0.6 is 0 Å². The quantitative estimate of drug-likeness (QED) is 0.869. The van der Waals surface area contributed by atoms with E-state index in [0.717, 1.165) is 6.07 Å². The third-order valence-electron chi connectivity index (χ3n) is 2.42. The number of nitrogens with one attached hydrogen (secondary N) is 1. The van der Waals surface area contributed by atoms with Gasteiger partial charge in [-0.2, -0.15) is 21.6 Å². The van der Waals surface area contributed by atoms with Gasteiger partial charge in [0.05, 0.1) is 5.69 Å². The van der Waals surface area contributed by atoms with Crippen LogP contribution in [-0.4, -0.2) is 19.7 Å². The largest absolute Gasteiger partial charge is 0.516 e. The molecule has 0 heterocycles. The van der Waals surface area contributed by atoms with E-state index in [2.05, 4.69) is 0 Å². The van der Waals surface area contributed by atoms with Crippen LogP contribution < -0.4 is 4.72 Å². The Kier molecular flexibility index (Phi) is 4.24. The number of sulfonamides is 1. The zero-order valence-electron chi connectivity index (χ0n) is 10.2. The van der Waals surface area contributed by atoms with E-state index >= 15 is 0 Å². The second kappa shape index (κ2) is 5.20. The Balaban J connectivity index is 3.09. The number of Topliss-reactive ketones (excluding diaryl/α,β-unsaturated/α-hetero) is 1. The van der Waals surface area contributed by atoms with Gasteiger partial charge in [-0.25, -0.2) is 0 Å².